The molecule has 0 aliphatic heterocycles. The van der Waals surface area contributed by atoms with E-state index < -0.39 is 11.3 Å². The maximum Gasteiger partial charge on any atom is 0.251 e. The fraction of sp³-hybridized carbons (Fsp3) is 0.350. The lowest BCUT2D eigenvalue weighted by Crippen LogP contribution is -2.39. The van der Waals surface area contributed by atoms with Crippen molar-refractivity contribution in [1.82, 2.24) is 5.16 Å². The number of carbonyl (C=O) groups excluding carboxylic acids is 2. The van der Waals surface area contributed by atoms with E-state index >= 15 is 0 Å². The van der Waals surface area contributed by atoms with Gasteiger partial charge in [-0.3, -0.25) is 9.59 Å². The summed E-state index contributed by atoms with van der Waals surface area (Å²) in [5.74, 6) is -0.566. The highest BCUT2D eigenvalue weighted by Crippen LogP contribution is 2.49. The molecular formula is C20H21N3O3S. The van der Waals surface area contributed by atoms with Gasteiger partial charge in [0.25, 0.3) is 5.91 Å². The lowest BCUT2D eigenvalue weighted by molar-refractivity contribution is 0.0818. The van der Waals surface area contributed by atoms with Gasteiger partial charge in [-0.25, -0.2) is 0 Å². The third-order valence-electron chi connectivity index (χ3n) is 5.61. The Hall–Kier alpha value is -2.67. The molecular weight excluding hydrogens is 362 g/mol. The van der Waals surface area contributed by atoms with E-state index in [1.54, 1.807) is 6.26 Å². The molecule has 27 heavy (non-hydrogen) atoms. The van der Waals surface area contributed by atoms with Gasteiger partial charge in [-0.05, 0) is 50.2 Å². The van der Waals surface area contributed by atoms with E-state index in [0.29, 0.717) is 40.3 Å². The summed E-state index contributed by atoms with van der Waals surface area (Å²) in [6.07, 6.45) is 11.5. The van der Waals surface area contributed by atoms with Crippen molar-refractivity contribution >= 4 is 28.0 Å². The van der Waals surface area contributed by atoms with Gasteiger partial charge in [0, 0.05) is 5.56 Å². The number of amides is 1. The summed E-state index contributed by atoms with van der Waals surface area (Å²) in [6, 6.07) is 0. The molecule has 2 aliphatic rings. The van der Waals surface area contributed by atoms with Crippen LogP contribution in [-0.2, 0) is 12.8 Å². The lowest BCUT2D eigenvalue weighted by Gasteiger charge is -2.37. The Labute approximate surface area is 160 Å². The van der Waals surface area contributed by atoms with Gasteiger partial charge in [0.05, 0.1) is 26.6 Å². The Kier molecular flexibility index (Phi) is 4.26. The zero-order valence-electron chi connectivity index (χ0n) is 15.1. The van der Waals surface area contributed by atoms with E-state index in [0.717, 1.165) is 29.7 Å². The molecule has 2 aromatic heterocycles. The molecule has 0 aromatic carbocycles. The molecule has 2 aromatic rings. The van der Waals surface area contributed by atoms with Crippen molar-refractivity contribution in [3.05, 3.63) is 57.3 Å². The van der Waals surface area contributed by atoms with Crippen LogP contribution in [0, 0.1) is 12.3 Å². The van der Waals surface area contributed by atoms with Crippen LogP contribution in [0.5, 0.6) is 0 Å². The van der Waals surface area contributed by atoms with E-state index in [4.69, 9.17) is 16.0 Å². The molecule has 0 bridgehead atoms. The Bertz CT molecular complexity index is 998. The quantitative estimate of drug-likeness (QED) is 0.841. The maximum atomic E-state index is 13.7. The number of primary amides is 1. The number of hydrogen-bond acceptors (Lipinski definition) is 6. The number of fused-ring (bicyclic) bond motifs is 1. The Morgan fingerprint density at radius 1 is 1.41 bits per heavy atom. The highest BCUT2D eigenvalue weighted by molar-refractivity contribution is 7.18. The number of thiophene rings is 1. The van der Waals surface area contributed by atoms with Gasteiger partial charge in [-0.1, -0.05) is 23.4 Å². The molecule has 2 heterocycles. The number of nitrogens with zero attached hydrogens (tertiary/aromatic N) is 1. The highest BCUT2D eigenvalue weighted by Gasteiger charge is 2.47. The van der Waals surface area contributed by atoms with Gasteiger partial charge < -0.3 is 16.0 Å². The zero-order valence-corrected chi connectivity index (χ0v) is 15.9. The fourth-order valence-corrected chi connectivity index (χ4v) is 5.33. The first kappa shape index (κ1) is 17.7. The number of aryl methyl sites for hydroxylation is 1. The van der Waals surface area contributed by atoms with E-state index in [-0.39, 0.29) is 5.78 Å². The second kappa shape index (κ2) is 6.49. The fourth-order valence-electron chi connectivity index (χ4n) is 4.17. The van der Waals surface area contributed by atoms with E-state index in [1.807, 2.05) is 6.92 Å². The van der Waals surface area contributed by atoms with Crippen LogP contribution in [0.4, 0.5) is 5.00 Å². The molecule has 1 amide bonds. The number of rotatable bonds is 4. The largest absolute Gasteiger partial charge is 0.390 e. The van der Waals surface area contributed by atoms with Crippen LogP contribution in [0.1, 0.15) is 56.1 Å². The van der Waals surface area contributed by atoms with Crippen molar-refractivity contribution in [1.29, 1.82) is 0 Å². The zero-order chi connectivity index (χ0) is 19.2. The molecule has 0 saturated heterocycles. The Balaban J connectivity index is 1.85. The van der Waals surface area contributed by atoms with Crippen molar-refractivity contribution in [3.8, 4) is 0 Å². The number of hydrogen-bond donors (Lipinski definition) is 2. The van der Waals surface area contributed by atoms with Crippen LogP contribution in [0.15, 0.2) is 34.6 Å². The molecule has 7 heteroatoms. The molecule has 0 saturated carbocycles. The average molecular weight is 383 g/mol. The number of ketones is 1. The summed E-state index contributed by atoms with van der Waals surface area (Å²) >= 11 is 1.17. The average Bonchev–Trinajstić information content (AvgIpc) is 3.21. The van der Waals surface area contributed by atoms with Crippen molar-refractivity contribution in [2.75, 3.05) is 5.73 Å². The summed E-state index contributed by atoms with van der Waals surface area (Å²) in [6.45, 7) is 1.88. The van der Waals surface area contributed by atoms with Gasteiger partial charge in [0.2, 0.25) is 0 Å². The monoisotopic (exact) mass is 383 g/mol. The second-order valence-electron chi connectivity index (χ2n) is 7.17. The smallest absolute Gasteiger partial charge is 0.251 e. The molecule has 6 nitrogen and oxygen atoms in total. The predicted molar refractivity (Wildman–Crippen MR) is 104 cm³/mol. The normalized spacial score (nSPS) is 21.8. The molecule has 1 unspecified atom stereocenters. The Morgan fingerprint density at radius 3 is 2.85 bits per heavy atom. The van der Waals surface area contributed by atoms with E-state index in [2.05, 4.69) is 23.4 Å². The lowest BCUT2D eigenvalue weighted by atomic mass is 9.64. The van der Waals surface area contributed by atoms with Gasteiger partial charge in [-0.15, -0.1) is 11.3 Å². The maximum absolute atomic E-state index is 13.7. The van der Waals surface area contributed by atoms with Crippen LogP contribution < -0.4 is 11.5 Å². The minimum absolute atomic E-state index is 0.00588. The van der Waals surface area contributed by atoms with Crippen LogP contribution >= 0.6 is 11.3 Å². The first-order chi connectivity index (χ1) is 12.9. The number of anilines is 1. The van der Waals surface area contributed by atoms with Crippen molar-refractivity contribution < 1.29 is 14.1 Å². The van der Waals surface area contributed by atoms with E-state index in [1.165, 1.54) is 11.3 Å². The molecule has 4 rings (SSSR count). The van der Waals surface area contributed by atoms with Crippen molar-refractivity contribution in [2.24, 2.45) is 11.1 Å². The molecule has 0 radical (unpaired) electrons. The third-order valence-corrected chi connectivity index (χ3v) is 6.67. The summed E-state index contributed by atoms with van der Waals surface area (Å²) in [7, 11) is 0. The standard InChI is InChI=1S/C20H21N3O3S/c1-11-12(10-26-23-11)9-20(13-5-3-2-4-6-13)8-7-14-15(18(21)25)19(22)27-16(14)17(20)24/h3,5-6,10H,2,4,7-9,22H2,1H3,(H2,21,25). The second-order valence-corrected chi connectivity index (χ2v) is 8.22. The molecule has 140 valence electrons. The summed E-state index contributed by atoms with van der Waals surface area (Å²) in [5, 5.41) is 4.29. The van der Waals surface area contributed by atoms with E-state index in [9.17, 15) is 9.59 Å². The predicted octanol–water partition coefficient (Wildman–Crippen LogP) is 3.36. The number of carbonyl (C=O) groups is 2. The summed E-state index contributed by atoms with van der Waals surface area (Å²) in [4.78, 5) is 26.1. The molecule has 2 aliphatic carbocycles. The molecule has 1 atom stereocenters. The minimum Gasteiger partial charge on any atom is -0.390 e. The van der Waals surface area contributed by atoms with Crippen LogP contribution in [0.3, 0.4) is 0 Å². The molecule has 0 fully saturated rings. The molecule has 0 spiro atoms. The number of aromatic nitrogens is 1. The number of allylic oxidation sites excluding steroid dienone is 4. The molecule has 4 N–H and O–H groups in total. The summed E-state index contributed by atoms with van der Waals surface area (Å²) in [5.41, 5.74) is 14.6. The van der Waals surface area contributed by atoms with Crippen molar-refractivity contribution in [3.63, 3.8) is 0 Å². The minimum atomic E-state index is -0.702. The van der Waals surface area contributed by atoms with Crippen LogP contribution in [-0.4, -0.2) is 16.8 Å². The first-order valence-electron chi connectivity index (χ1n) is 8.97. The Morgan fingerprint density at radius 2 is 2.22 bits per heavy atom. The van der Waals surface area contributed by atoms with Gasteiger partial charge in [0.1, 0.15) is 6.26 Å². The van der Waals surface area contributed by atoms with Crippen molar-refractivity contribution in [2.45, 2.75) is 39.0 Å². The highest BCUT2D eigenvalue weighted by atomic mass is 32.1. The van der Waals surface area contributed by atoms with Gasteiger partial charge in [-0.2, -0.15) is 0 Å². The summed E-state index contributed by atoms with van der Waals surface area (Å²) < 4.78 is 5.10. The number of Topliss-reactive ketones (excluding diaryl/α,β-unsaturated/α-hetero) is 1. The third kappa shape index (κ3) is 2.73. The number of nitrogen functional groups attached to an aromatic ring is 1. The van der Waals surface area contributed by atoms with Gasteiger partial charge >= 0.3 is 0 Å². The topological polar surface area (TPSA) is 112 Å². The van der Waals surface area contributed by atoms with Crippen LogP contribution in [0.2, 0.25) is 0 Å². The van der Waals surface area contributed by atoms with Crippen LogP contribution in [0.25, 0.3) is 0 Å². The first-order valence-corrected chi connectivity index (χ1v) is 9.78. The SMILES string of the molecule is Cc1nocc1CC1(C2=CCCC=C2)CCc2c(sc(N)c2C(N)=O)C1=O. The van der Waals surface area contributed by atoms with Gasteiger partial charge in [0.15, 0.2) is 5.78 Å². The number of nitrogens with two attached hydrogens (primary N) is 2.